The molecule has 2 aliphatic heterocycles. The first-order valence-electron chi connectivity index (χ1n) is 12.9. The van der Waals surface area contributed by atoms with Crippen LogP contribution in [0.1, 0.15) is 101 Å². The predicted octanol–water partition coefficient (Wildman–Crippen LogP) is 6.22. The SMILES string of the molecule is COc1c2c(cc3c1C(CC(=O)CC1CCCCCCCCCCC1)N(C)CC3)OCO2. The van der Waals surface area contributed by atoms with Crippen LogP contribution in [0.3, 0.4) is 0 Å². The lowest BCUT2D eigenvalue weighted by molar-refractivity contribution is -0.121. The van der Waals surface area contributed by atoms with E-state index in [1.54, 1.807) is 7.11 Å². The Hall–Kier alpha value is -1.75. The van der Waals surface area contributed by atoms with Gasteiger partial charge in [-0.1, -0.05) is 70.6 Å². The van der Waals surface area contributed by atoms with Gasteiger partial charge in [-0.05, 0) is 31.0 Å². The summed E-state index contributed by atoms with van der Waals surface area (Å²) >= 11 is 0. The molecule has 5 nitrogen and oxygen atoms in total. The number of benzene rings is 1. The van der Waals surface area contributed by atoms with Gasteiger partial charge in [-0.25, -0.2) is 0 Å². The fourth-order valence-electron chi connectivity index (χ4n) is 5.86. The molecule has 0 radical (unpaired) electrons. The van der Waals surface area contributed by atoms with Crippen molar-refractivity contribution in [2.75, 3.05) is 27.5 Å². The number of ketones is 1. The van der Waals surface area contributed by atoms with Crippen LogP contribution < -0.4 is 14.2 Å². The number of hydrogen-bond acceptors (Lipinski definition) is 5. The van der Waals surface area contributed by atoms with Crippen molar-refractivity contribution < 1.29 is 19.0 Å². The molecule has 5 heteroatoms. The molecule has 1 atom stereocenters. The summed E-state index contributed by atoms with van der Waals surface area (Å²) in [5, 5.41) is 0. The van der Waals surface area contributed by atoms with E-state index in [-0.39, 0.29) is 12.8 Å². The summed E-state index contributed by atoms with van der Waals surface area (Å²) < 4.78 is 17.1. The quantitative estimate of drug-likeness (QED) is 0.540. The third-order valence-electron chi connectivity index (χ3n) is 7.71. The van der Waals surface area contributed by atoms with Crippen LogP contribution in [-0.4, -0.2) is 38.2 Å². The molecular weight excluding hydrogens is 402 g/mol. The molecule has 1 aromatic rings. The lowest BCUT2D eigenvalue weighted by atomic mass is 9.85. The van der Waals surface area contributed by atoms with E-state index in [1.165, 1.54) is 76.2 Å². The molecular formula is C27H41NO4. The molecule has 3 aliphatic rings. The van der Waals surface area contributed by atoms with Crippen LogP contribution in [0.5, 0.6) is 17.2 Å². The zero-order valence-electron chi connectivity index (χ0n) is 20.1. The van der Waals surface area contributed by atoms with E-state index in [0.29, 0.717) is 23.9 Å². The van der Waals surface area contributed by atoms with Crippen LogP contribution in [0.25, 0.3) is 0 Å². The van der Waals surface area contributed by atoms with Crippen molar-refractivity contribution in [3.63, 3.8) is 0 Å². The average Bonchev–Trinajstić information content (AvgIpc) is 3.24. The molecule has 0 N–H and O–H groups in total. The van der Waals surface area contributed by atoms with Crippen molar-refractivity contribution in [3.05, 3.63) is 17.2 Å². The Kier molecular flexibility index (Phi) is 8.34. The van der Waals surface area contributed by atoms with Crippen LogP contribution in [0.2, 0.25) is 0 Å². The van der Waals surface area contributed by atoms with Gasteiger partial charge in [0.25, 0.3) is 0 Å². The van der Waals surface area contributed by atoms with E-state index >= 15 is 0 Å². The minimum atomic E-state index is 0.0435. The summed E-state index contributed by atoms with van der Waals surface area (Å²) in [7, 11) is 3.82. The highest BCUT2D eigenvalue weighted by atomic mass is 16.7. The van der Waals surface area contributed by atoms with E-state index in [9.17, 15) is 4.79 Å². The largest absolute Gasteiger partial charge is 0.492 e. The number of carbonyl (C=O) groups excluding carboxylic acids is 1. The molecule has 0 aromatic heterocycles. The number of fused-ring (bicyclic) bond motifs is 2. The van der Waals surface area contributed by atoms with E-state index in [1.807, 2.05) is 0 Å². The fourth-order valence-corrected chi connectivity index (χ4v) is 5.86. The summed E-state index contributed by atoms with van der Waals surface area (Å²) in [6.45, 7) is 1.17. The number of nitrogens with zero attached hydrogens (tertiary/aromatic N) is 1. The third-order valence-corrected chi connectivity index (χ3v) is 7.71. The highest BCUT2D eigenvalue weighted by molar-refractivity contribution is 5.80. The molecule has 1 unspecified atom stereocenters. The predicted molar refractivity (Wildman–Crippen MR) is 127 cm³/mol. The first-order chi connectivity index (χ1) is 15.7. The number of methoxy groups -OCH3 is 1. The van der Waals surface area contributed by atoms with Gasteiger partial charge in [-0.3, -0.25) is 9.69 Å². The highest BCUT2D eigenvalue weighted by Gasteiger charge is 2.35. The second-order valence-corrected chi connectivity index (χ2v) is 10.0. The van der Waals surface area contributed by atoms with Gasteiger partial charge in [0.1, 0.15) is 5.78 Å². The summed E-state index contributed by atoms with van der Waals surface area (Å²) in [6.07, 6.45) is 16.8. The number of likely N-dealkylation sites (N-methyl/N-ethyl adjacent to an activating group) is 1. The van der Waals surface area contributed by atoms with Crippen molar-refractivity contribution in [1.82, 2.24) is 4.90 Å². The van der Waals surface area contributed by atoms with Gasteiger partial charge in [-0.2, -0.15) is 0 Å². The number of carbonyl (C=O) groups is 1. The second kappa shape index (κ2) is 11.4. The Morgan fingerprint density at radius 1 is 1.00 bits per heavy atom. The fraction of sp³-hybridized carbons (Fsp3) is 0.741. The lowest BCUT2D eigenvalue weighted by Crippen LogP contribution is -2.34. The van der Waals surface area contributed by atoms with Gasteiger partial charge in [0.15, 0.2) is 11.5 Å². The van der Waals surface area contributed by atoms with Gasteiger partial charge < -0.3 is 14.2 Å². The molecule has 4 rings (SSSR count). The van der Waals surface area contributed by atoms with Crippen molar-refractivity contribution in [1.29, 1.82) is 0 Å². The Labute approximate surface area is 193 Å². The number of hydrogen-bond donors (Lipinski definition) is 0. The molecule has 0 saturated heterocycles. The van der Waals surface area contributed by atoms with Crippen LogP contribution in [-0.2, 0) is 11.2 Å². The summed E-state index contributed by atoms with van der Waals surface area (Å²) in [5.41, 5.74) is 2.35. The maximum Gasteiger partial charge on any atom is 0.231 e. The van der Waals surface area contributed by atoms with Gasteiger partial charge in [0.2, 0.25) is 12.5 Å². The minimum absolute atomic E-state index is 0.0435. The summed E-state index contributed by atoms with van der Waals surface area (Å²) in [5.74, 6) is 3.16. The molecule has 178 valence electrons. The van der Waals surface area contributed by atoms with Crippen LogP contribution in [0.15, 0.2) is 6.07 Å². The molecule has 0 amide bonds. The van der Waals surface area contributed by atoms with Gasteiger partial charge in [0, 0.05) is 31.0 Å². The average molecular weight is 444 g/mol. The highest BCUT2D eigenvalue weighted by Crippen LogP contribution is 2.50. The van der Waals surface area contributed by atoms with Gasteiger partial charge in [-0.15, -0.1) is 0 Å². The van der Waals surface area contributed by atoms with Crippen LogP contribution >= 0.6 is 0 Å². The summed E-state index contributed by atoms with van der Waals surface area (Å²) in [6, 6.07) is 2.14. The van der Waals surface area contributed by atoms with Crippen molar-refractivity contribution >= 4 is 5.78 Å². The Morgan fingerprint density at radius 2 is 1.66 bits per heavy atom. The van der Waals surface area contributed by atoms with Crippen molar-refractivity contribution in [2.45, 2.75) is 95.9 Å². The first-order valence-corrected chi connectivity index (χ1v) is 12.9. The molecule has 1 aliphatic carbocycles. The number of Topliss-reactive ketones (excluding diaryl/α,β-unsaturated/α-hetero) is 1. The molecule has 1 saturated carbocycles. The van der Waals surface area contributed by atoms with E-state index in [4.69, 9.17) is 14.2 Å². The smallest absolute Gasteiger partial charge is 0.231 e. The number of ether oxygens (including phenoxy) is 3. The van der Waals surface area contributed by atoms with Gasteiger partial charge >= 0.3 is 0 Å². The Bertz CT molecular complexity index is 765. The second-order valence-electron chi connectivity index (χ2n) is 10.0. The minimum Gasteiger partial charge on any atom is -0.492 e. The normalized spacial score (nSPS) is 23.1. The zero-order valence-corrected chi connectivity index (χ0v) is 20.1. The van der Waals surface area contributed by atoms with Crippen molar-refractivity contribution in [3.8, 4) is 17.2 Å². The first kappa shape index (κ1) is 23.4. The van der Waals surface area contributed by atoms with Gasteiger partial charge in [0.05, 0.1) is 7.11 Å². The van der Waals surface area contributed by atoms with E-state index < -0.39 is 0 Å². The monoisotopic (exact) mass is 443 g/mol. The number of rotatable bonds is 5. The Morgan fingerprint density at radius 3 is 2.31 bits per heavy atom. The molecule has 32 heavy (non-hydrogen) atoms. The maximum absolute atomic E-state index is 13.3. The maximum atomic E-state index is 13.3. The lowest BCUT2D eigenvalue weighted by Gasteiger charge is -2.35. The standard InChI is InChI=1S/C27H41NO4/c1-28-15-14-21-17-24-26(32-19-31-24)27(30-2)25(21)23(28)18-22(29)16-20-12-10-8-6-4-3-5-7-9-11-13-20/h17,20,23H,3-16,18-19H2,1-2H3. The van der Waals surface area contributed by atoms with Crippen LogP contribution in [0.4, 0.5) is 0 Å². The Balaban J connectivity index is 1.44. The molecule has 1 fully saturated rings. The van der Waals surface area contributed by atoms with Crippen molar-refractivity contribution in [2.24, 2.45) is 5.92 Å². The molecule has 1 aromatic carbocycles. The van der Waals surface area contributed by atoms with E-state index in [2.05, 4.69) is 18.0 Å². The topological polar surface area (TPSA) is 48.0 Å². The molecule has 0 bridgehead atoms. The van der Waals surface area contributed by atoms with E-state index in [0.717, 1.165) is 36.4 Å². The third kappa shape index (κ3) is 5.59. The summed E-state index contributed by atoms with van der Waals surface area (Å²) in [4.78, 5) is 15.6. The zero-order chi connectivity index (χ0) is 22.3. The molecule has 0 spiro atoms. The van der Waals surface area contributed by atoms with Crippen LogP contribution in [0, 0.1) is 5.92 Å². The molecule has 2 heterocycles.